The summed E-state index contributed by atoms with van der Waals surface area (Å²) < 4.78 is 14.5. The molecule has 1 aromatic carbocycles. The lowest BCUT2D eigenvalue weighted by atomic mass is 9.79. The Balaban J connectivity index is 1.33. The zero-order valence-electron chi connectivity index (χ0n) is 25.3. The summed E-state index contributed by atoms with van der Waals surface area (Å²) in [7, 11) is 0. The molecule has 4 aliphatic rings. The highest BCUT2D eigenvalue weighted by Crippen LogP contribution is 2.52. The number of carbonyl (C=O) groups excluding carboxylic acids is 2. The lowest BCUT2D eigenvalue weighted by Gasteiger charge is -2.46. The van der Waals surface area contributed by atoms with Crippen LogP contribution in [0.25, 0.3) is 11.3 Å². The Labute approximate surface area is 242 Å². The molecule has 2 amide bonds. The quantitative estimate of drug-likeness (QED) is 0.546. The third-order valence-corrected chi connectivity index (χ3v) is 9.48. The predicted molar refractivity (Wildman–Crippen MR) is 154 cm³/mol. The maximum atomic E-state index is 13.0. The molecule has 9 heteroatoms. The summed E-state index contributed by atoms with van der Waals surface area (Å²) in [6.45, 7) is 13.6. The molecule has 3 fully saturated rings. The van der Waals surface area contributed by atoms with Gasteiger partial charge in [-0.3, -0.25) is 9.48 Å². The van der Waals surface area contributed by atoms with E-state index in [4.69, 9.17) is 14.6 Å². The molecule has 1 saturated carbocycles. The van der Waals surface area contributed by atoms with Crippen molar-refractivity contribution in [3.63, 3.8) is 0 Å². The molecule has 0 radical (unpaired) electrons. The van der Waals surface area contributed by atoms with Crippen LogP contribution in [0.4, 0.5) is 4.79 Å². The van der Waals surface area contributed by atoms with Gasteiger partial charge in [-0.05, 0) is 71.9 Å². The van der Waals surface area contributed by atoms with E-state index in [9.17, 15) is 14.7 Å². The second kappa shape index (κ2) is 9.75. The number of para-hydroxylation sites is 1. The number of benzene rings is 1. The molecule has 1 N–H and O–H groups in total. The Bertz CT molecular complexity index is 1350. The topological polar surface area (TPSA) is 97.1 Å². The molecule has 2 aromatic rings. The molecule has 6 rings (SSSR count). The smallest absolute Gasteiger partial charge is 0.410 e. The van der Waals surface area contributed by atoms with Gasteiger partial charge in [-0.2, -0.15) is 5.10 Å². The molecule has 9 nitrogen and oxygen atoms in total. The number of aliphatic hydroxyl groups is 1. The second-order valence-electron chi connectivity index (χ2n) is 14.1. The van der Waals surface area contributed by atoms with Gasteiger partial charge in [0.1, 0.15) is 22.6 Å². The van der Waals surface area contributed by atoms with Gasteiger partial charge in [0.15, 0.2) is 0 Å². The van der Waals surface area contributed by atoms with Crippen LogP contribution in [0, 0.1) is 11.8 Å². The number of hydrogen-bond donors (Lipinski definition) is 1. The first-order chi connectivity index (χ1) is 19.3. The molecule has 4 heterocycles. The summed E-state index contributed by atoms with van der Waals surface area (Å²) in [5.74, 6) is 1.71. The minimum atomic E-state index is -0.654. The predicted octanol–water partition coefficient (Wildman–Crippen LogP) is 5.26. The van der Waals surface area contributed by atoms with E-state index in [1.807, 2.05) is 59.5 Å². The summed E-state index contributed by atoms with van der Waals surface area (Å²) in [5, 5.41) is 16.0. The average molecular weight is 565 g/mol. The number of aliphatic hydroxyl groups excluding tert-OH is 1. The van der Waals surface area contributed by atoms with Crippen LogP contribution in [-0.4, -0.2) is 67.5 Å². The highest BCUT2D eigenvalue weighted by molar-refractivity contribution is 5.82. The monoisotopic (exact) mass is 564 g/mol. The highest BCUT2D eigenvalue weighted by atomic mass is 16.6. The Morgan fingerprint density at radius 1 is 1.15 bits per heavy atom. The van der Waals surface area contributed by atoms with Gasteiger partial charge < -0.3 is 24.4 Å². The average Bonchev–Trinajstić information content (AvgIpc) is 3.50. The number of hydrogen-bond acceptors (Lipinski definition) is 6. The molecule has 3 atom stereocenters. The van der Waals surface area contributed by atoms with E-state index in [1.54, 1.807) is 0 Å². The van der Waals surface area contributed by atoms with Crippen LogP contribution in [0.15, 0.2) is 24.3 Å². The minimum absolute atomic E-state index is 0.00123. The first kappa shape index (κ1) is 28.1. The second-order valence-corrected chi connectivity index (χ2v) is 14.1. The van der Waals surface area contributed by atoms with Gasteiger partial charge in [-0.15, -0.1) is 0 Å². The fraction of sp³-hybridized carbons (Fsp3) is 0.656. The Morgan fingerprint density at radius 3 is 2.44 bits per heavy atom. The van der Waals surface area contributed by atoms with Crippen molar-refractivity contribution in [3.8, 4) is 17.0 Å². The van der Waals surface area contributed by atoms with Gasteiger partial charge in [-0.25, -0.2) is 4.79 Å². The normalized spacial score (nSPS) is 26.2. The van der Waals surface area contributed by atoms with Gasteiger partial charge >= 0.3 is 6.09 Å². The van der Waals surface area contributed by atoms with Crippen molar-refractivity contribution < 1.29 is 24.2 Å². The summed E-state index contributed by atoms with van der Waals surface area (Å²) in [4.78, 5) is 29.9. The van der Waals surface area contributed by atoms with E-state index in [0.717, 1.165) is 34.7 Å². The number of piperidine rings is 2. The van der Waals surface area contributed by atoms with Crippen molar-refractivity contribution in [1.29, 1.82) is 0 Å². The molecular formula is C32H44N4O5. The number of carbonyl (C=O) groups is 2. The maximum Gasteiger partial charge on any atom is 0.410 e. The van der Waals surface area contributed by atoms with E-state index < -0.39 is 16.7 Å². The molecule has 41 heavy (non-hydrogen) atoms. The lowest BCUT2D eigenvalue weighted by molar-refractivity contribution is -0.136. The Kier molecular flexibility index (Phi) is 6.67. The molecule has 3 aliphatic heterocycles. The number of fused-ring (bicyclic) bond motifs is 4. The molecule has 222 valence electrons. The van der Waals surface area contributed by atoms with Crippen molar-refractivity contribution in [3.05, 3.63) is 35.5 Å². The Morgan fingerprint density at radius 2 is 1.83 bits per heavy atom. The largest absolute Gasteiger partial charge is 0.482 e. The maximum absolute atomic E-state index is 13.0. The zero-order valence-corrected chi connectivity index (χ0v) is 25.3. The number of nitrogens with zero attached hydrogens (tertiary/aromatic N) is 4. The van der Waals surface area contributed by atoms with Crippen molar-refractivity contribution in [2.45, 2.75) is 103 Å². The van der Waals surface area contributed by atoms with E-state index in [-0.39, 0.29) is 30.6 Å². The zero-order chi connectivity index (χ0) is 29.3. The van der Waals surface area contributed by atoms with Crippen LogP contribution >= 0.6 is 0 Å². The molecule has 1 aromatic heterocycles. The highest BCUT2D eigenvalue weighted by Gasteiger charge is 2.51. The number of rotatable bonds is 3. The summed E-state index contributed by atoms with van der Waals surface area (Å²) in [6.07, 6.45) is 3.38. The van der Waals surface area contributed by atoms with Gasteiger partial charge in [0.25, 0.3) is 0 Å². The molecule has 2 saturated heterocycles. The fourth-order valence-electron chi connectivity index (χ4n) is 7.18. The minimum Gasteiger partial charge on any atom is -0.482 e. The first-order valence-electron chi connectivity index (χ1n) is 15.1. The third kappa shape index (κ3) is 4.90. The lowest BCUT2D eigenvalue weighted by Crippen LogP contribution is -2.54. The van der Waals surface area contributed by atoms with Crippen LogP contribution in [0.3, 0.4) is 0 Å². The number of likely N-dealkylation sites (tertiary alicyclic amines) is 2. The Hall–Kier alpha value is -3.07. The van der Waals surface area contributed by atoms with Crippen molar-refractivity contribution in [2.75, 3.05) is 19.6 Å². The van der Waals surface area contributed by atoms with E-state index in [2.05, 4.69) is 20.8 Å². The van der Waals surface area contributed by atoms with Gasteiger partial charge in [-0.1, -0.05) is 19.1 Å². The van der Waals surface area contributed by atoms with Gasteiger partial charge in [0.05, 0.1) is 18.3 Å². The van der Waals surface area contributed by atoms with Crippen LogP contribution in [0.2, 0.25) is 0 Å². The van der Waals surface area contributed by atoms with Gasteiger partial charge in [0, 0.05) is 55.1 Å². The number of aromatic nitrogens is 2. The molecule has 1 unspecified atom stereocenters. The van der Waals surface area contributed by atoms with Crippen molar-refractivity contribution >= 4 is 12.0 Å². The summed E-state index contributed by atoms with van der Waals surface area (Å²) >= 11 is 0. The summed E-state index contributed by atoms with van der Waals surface area (Å²) in [5.41, 5.74) is 1.85. The van der Waals surface area contributed by atoms with Crippen LogP contribution in [-0.2, 0) is 21.7 Å². The van der Waals surface area contributed by atoms with Crippen LogP contribution < -0.4 is 4.74 Å². The van der Waals surface area contributed by atoms with Crippen molar-refractivity contribution in [2.24, 2.45) is 11.8 Å². The number of amides is 2. The van der Waals surface area contributed by atoms with Gasteiger partial charge in [0.2, 0.25) is 5.91 Å². The fourth-order valence-corrected chi connectivity index (χ4v) is 7.18. The first-order valence-corrected chi connectivity index (χ1v) is 15.1. The van der Waals surface area contributed by atoms with Crippen LogP contribution in [0.1, 0.15) is 90.9 Å². The third-order valence-electron chi connectivity index (χ3n) is 9.48. The van der Waals surface area contributed by atoms with E-state index >= 15 is 0 Å². The number of ether oxygens (including phenoxy) is 2. The van der Waals surface area contributed by atoms with Crippen LogP contribution in [0.5, 0.6) is 5.75 Å². The molecule has 1 aliphatic carbocycles. The molecular weight excluding hydrogens is 520 g/mol. The van der Waals surface area contributed by atoms with E-state index in [0.29, 0.717) is 51.2 Å². The standard InChI is InChI=1S/C32H44N4O5/c1-20-17-23(20)28(38)34-15-12-32(13-16-34)26-24(19-37)36(33-27(26)22-9-7-8-10-25(22)40-32)21-11-14-35(31(5,6)18-21)29(39)41-30(2,3)4/h7-10,20-21,23,37H,11-19H2,1-6H3/t20-,21?,23-/m0/s1. The summed E-state index contributed by atoms with van der Waals surface area (Å²) in [6, 6.07) is 7.98. The SMILES string of the molecule is C[C@H]1C[C@@H]1C(=O)N1CCC2(CC1)Oc1ccccc1-c1nn(C3CCN(C(=O)OC(C)(C)C)C(C)(C)C3)c(CO)c12. The molecule has 1 spiro atoms. The molecule has 0 bridgehead atoms. The van der Waals surface area contributed by atoms with E-state index in [1.165, 1.54) is 0 Å². The van der Waals surface area contributed by atoms with Crippen molar-refractivity contribution in [1.82, 2.24) is 19.6 Å².